The van der Waals surface area contributed by atoms with Gasteiger partial charge in [-0.3, -0.25) is 4.79 Å². The monoisotopic (exact) mass is 197 g/mol. The topological polar surface area (TPSA) is 58.7 Å². The number of hydrogen-bond donors (Lipinski definition) is 1. The summed E-state index contributed by atoms with van der Waals surface area (Å²) in [5.41, 5.74) is 5.25. The van der Waals surface area contributed by atoms with E-state index in [9.17, 15) is 4.79 Å². The molecule has 2 aliphatic rings. The Kier molecular flexibility index (Phi) is 2.26. The summed E-state index contributed by atoms with van der Waals surface area (Å²) in [6, 6.07) is 0. The Bertz CT molecular complexity index is 287. The Labute approximate surface area is 80.9 Å². The van der Waals surface area contributed by atoms with E-state index < -0.39 is 0 Å². The molecule has 5 heteroatoms. The Morgan fingerprint density at radius 3 is 3.38 bits per heavy atom. The fourth-order valence-electron chi connectivity index (χ4n) is 1.40. The van der Waals surface area contributed by atoms with Crippen LogP contribution in [0.25, 0.3) is 0 Å². The molecule has 2 N–H and O–H groups in total. The molecule has 0 aliphatic carbocycles. The van der Waals surface area contributed by atoms with Crippen molar-refractivity contribution in [3.05, 3.63) is 12.3 Å². The lowest BCUT2D eigenvalue weighted by atomic mass is 10.1. The highest BCUT2D eigenvalue weighted by Crippen LogP contribution is 2.23. The van der Waals surface area contributed by atoms with E-state index in [0.29, 0.717) is 6.54 Å². The zero-order chi connectivity index (χ0) is 9.26. The molecule has 0 aromatic heterocycles. The van der Waals surface area contributed by atoms with E-state index in [1.807, 2.05) is 12.3 Å². The molecular weight excluding hydrogens is 186 g/mol. The summed E-state index contributed by atoms with van der Waals surface area (Å²) in [6.07, 6.45) is 3.79. The molecule has 0 aromatic rings. The SMILES string of the molecule is NC(=O)C1CSC2=NC=CCN2C1. The van der Waals surface area contributed by atoms with Gasteiger partial charge in [-0.2, -0.15) is 0 Å². The zero-order valence-corrected chi connectivity index (χ0v) is 7.96. The van der Waals surface area contributed by atoms with Gasteiger partial charge < -0.3 is 10.6 Å². The minimum absolute atomic E-state index is 0.0320. The van der Waals surface area contributed by atoms with Crippen molar-refractivity contribution in [1.29, 1.82) is 0 Å². The molecule has 1 amide bonds. The number of nitrogens with two attached hydrogens (primary N) is 1. The van der Waals surface area contributed by atoms with E-state index >= 15 is 0 Å². The quantitative estimate of drug-likeness (QED) is 0.644. The van der Waals surface area contributed by atoms with Crippen LogP contribution in [-0.2, 0) is 4.79 Å². The number of amidine groups is 1. The largest absolute Gasteiger partial charge is 0.369 e. The lowest BCUT2D eigenvalue weighted by molar-refractivity contribution is -0.121. The molecule has 70 valence electrons. The molecule has 0 spiro atoms. The molecule has 4 nitrogen and oxygen atoms in total. The summed E-state index contributed by atoms with van der Waals surface area (Å²) in [5.74, 6) is 0.523. The molecule has 1 saturated heterocycles. The van der Waals surface area contributed by atoms with E-state index in [2.05, 4.69) is 9.89 Å². The van der Waals surface area contributed by atoms with Crippen LogP contribution in [0.5, 0.6) is 0 Å². The third kappa shape index (κ3) is 1.70. The van der Waals surface area contributed by atoms with Crippen molar-refractivity contribution >= 4 is 22.8 Å². The van der Waals surface area contributed by atoms with Crippen molar-refractivity contribution in [2.24, 2.45) is 16.6 Å². The first-order chi connectivity index (χ1) is 6.27. The van der Waals surface area contributed by atoms with Crippen LogP contribution in [0.15, 0.2) is 17.3 Å². The van der Waals surface area contributed by atoms with Gasteiger partial charge >= 0.3 is 0 Å². The van der Waals surface area contributed by atoms with E-state index in [-0.39, 0.29) is 11.8 Å². The summed E-state index contributed by atoms with van der Waals surface area (Å²) in [6.45, 7) is 1.56. The van der Waals surface area contributed by atoms with E-state index in [1.54, 1.807) is 11.8 Å². The molecule has 0 saturated carbocycles. The van der Waals surface area contributed by atoms with Gasteiger partial charge in [-0.05, 0) is 6.08 Å². The molecule has 1 fully saturated rings. The average molecular weight is 197 g/mol. The predicted octanol–water partition coefficient (Wildman–Crippen LogP) is 0.0200. The van der Waals surface area contributed by atoms with Gasteiger partial charge in [0.2, 0.25) is 5.91 Å². The first kappa shape index (κ1) is 8.62. The summed E-state index contributed by atoms with van der Waals surface area (Å²) in [7, 11) is 0. The molecule has 1 atom stereocenters. The van der Waals surface area contributed by atoms with Crippen molar-refractivity contribution in [1.82, 2.24) is 4.90 Å². The number of aliphatic imine (C=N–C) groups is 1. The summed E-state index contributed by atoms with van der Waals surface area (Å²) in [4.78, 5) is 17.3. The van der Waals surface area contributed by atoms with Gasteiger partial charge in [-0.25, -0.2) is 4.99 Å². The molecule has 2 rings (SSSR count). The smallest absolute Gasteiger partial charge is 0.223 e. The second-order valence-electron chi connectivity index (χ2n) is 3.11. The maximum absolute atomic E-state index is 11.0. The fraction of sp³-hybridized carbons (Fsp3) is 0.500. The lowest BCUT2D eigenvalue weighted by Gasteiger charge is -2.33. The molecule has 13 heavy (non-hydrogen) atoms. The van der Waals surface area contributed by atoms with Crippen molar-refractivity contribution in [2.75, 3.05) is 18.8 Å². The predicted molar refractivity (Wildman–Crippen MR) is 53.3 cm³/mol. The number of amides is 1. The number of rotatable bonds is 1. The van der Waals surface area contributed by atoms with Crippen LogP contribution in [-0.4, -0.2) is 34.8 Å². The zero-order valence-electron chi connectivity index (χ0n) is 7.14. The molecule has 0 bridgehead atoms. The van der Waals surface area contributed by atoms with Gasteiger partial charge in [0.05, 0.1) is 5.92 Å². The number of carbonyl (C=O) groups excluding carboxylic acids is 1. The molecule has 0 radical (unpaired) electrons. The minimum Gasteiger partial charge on any atom is -0.369 e. The van der Waals surface area contributed by atoms with Crippen LogP contribution in [0.4, 0.5) is 0 Å². The van der Waals surface area contributed by atoms with Crippen molar-refractivity contribution in [2.45, 2.75) is 0 Å². The van der Waals surface area contributed by atoms with Crippen LogP contribution in [0, 0.1) is 5.92 Å². The molecule has 2 aliphatic heterocycles. The molecule has 2 heterocycles. The second kappa shape index (κ2) is 3.41. The highest BCUT2D eigenvalue weighted by Gasteiger charge is 2.28. The van der Waals surface area contributed by atoms with Crippen LogP contribution < -0.4 is 5.73 Å². The standard InChI is InChI=1S/C8H11N3OS/c9-7(12)6-4-11-3-1-2-10-8(11)13-5-6/h1-2,6H,3-5H2,(H2,9,12). The minimum atomic E-state index is -0.207. The first-order valence-corrected chi connectivity index (χ1v) is 5.16. The lowest BCUT2D eigenvalue weighted by Crippen LogP contribution is -2.44. The third-order valence-corrected chi connectivity index (χ3v) is 3.33. The van der Waals surface area contributed by atoms with Gasteiger partial charge in [-0.15, -0.1) is 0 Å². The number of carbonyl (C=O) groups is 1. The van der Waals surface area contributed by atoms with E-state index in [4.69, 9.17) is 5.73 Å². The van der Waals surface area contributed by atoms with Crippen LogP contribution in [0.1, 0.15) is 0 Å². The number of fused-ring (bicyclic) bond motifs is 1. The van der Waals surface area contributed by atoms with Crippen molar-refractivity contribution < 1.29 is 4.79 Å². The number of primary amides is 1. The average Bonchev–Trinajstić information content (AvgIpc) is 2.17. The third-order valence-electron chi connectivity index (χ3n) is 2.14. The summed E-state index contributed by atoms with van der Waals surface area (Å²) >= 11 is 1.61. The maximum atomic E-state index is 11.0. The normalized spacial score (nSPS) is 26.6. The van der Waals surface area contributed by atoms with Gasteiger partial charge in [0, 0.05) is 25.0 Å². The van der Waals surface area contributed by atoms with E-state index in [0.717, 1.165) is 17.5 Å². The van der Waals surface area contributed by atoms with E-state index in [1.165, 1.54) is 0 Å². The van der Waals surface area contributed by atoms with Gasteiger partial charge in [-0.1, -0.05) is 11.8 Å². The van der Waals surface area contributed by atoms with Crippen molar-refractivity contribution in [3.63, 3.8) is 0 Å². The highest BCUT2D eigenvalue weighted by atomic mass is 32.2. The maximum Gasteiger partial charge on any atom is 0.223 e. The Morgan fingerprint density at radius 2 is 2.62 bits per heavy atom. The first-order valence-electron chi connectivity index (χ1n) is 4.17. The summed E-state index contributed by atoms with van der Waals surface area (Å²) < 4.78 is 0. The van der Waals surface area contributed by atoms with Crippen molar-refractivity contribution in [3.8, 4) is 0 Å². The molecular formula is C8H11N3OS. The van der Waals surface area contributed by atoms with Gasteiger partial charge in [0.15, 0.2) is 5.17 Å². The number of thioether (sulfide) groups is 1. The number of nitrogens with zero attached hydrogens (tertiary/aromatic N) is 2. The van der Waals surface area contributed by atoms with Crippen LogP contribution >= 0.6 is 11.8 Å². The van der Waals surface area contributed by atoms with Crippen LogP contribution in [0.3, 0.4) is 0 Å². The second-order valence-corrected chi connectivity index (χ2v) is 4.10. The van der Waals surface area contributed by atoms with Gasteiger partial charge in [0.25, 0.3) is 0 Å². The summed E-state index contributed by atoms with van der Waals surface area (Å²) in [5, 5.41) is 1.01. The van der Waals surface area contributed by atoms with Gasteiger partial charge in [0.1, 0.15) is 0 Å². The number of hydrogen-bond acceptors (Lipinski definition) is 4. The van der Waals surface area contributed by atoms with Crippen LogP contribution in [0.2, 0.25) is 0 Å². The highest BCUT2D eigenvalue weighted by molar-refractivity contribution is 8.13. The fourth-order valence-corrected chi connectivity index (χ4v) is 2.48. The Morgan fingerprint density at radius 1 is 1.77 bits per heavy atom. The Balaban J connectivity index is 2.07. The molecule has 1 unspecified atom stereocenters. The Hall–Kier alpha value is -0.970. The molecule has 0 aromatic carbocycles.